The quantitative estimate of drug-likeness (QED) is 0.864. The van der Waals surface area contributed by atoms with E-state index in [4.69, 9.17) is 16.3 Å². The summed E-state index contributed by atoms with van der Waals surface area (Å²) in [6.07, 6.45) is -0.0231. The monoisotopic (exact) mass is 292 g/mol. The van der Waals surface area contributed by atoms with Crippen LogP contribution in [0.3, 0.4) is 0 Å². The Balaban J connectivity index is 2.37. The number of nitrogens with zero attached hydrogens (tertiary/aromatic N) is 4. The molecule has 106 valence electrons. The second-order valence-corrected chi connectivity index (χ2v) is 5.04. The molecule has 2 aromatic rings. The number of anilines is 2. The maximum Gasteiger partial charge on any atom is 0.322 e. The van der Waals surface area contributed by atoms with Gasteiger partial charge in [-0.3, -0.25) is 0 Å². The van der Waals surface area contributed by atoms with E-state index in [1.165, 1.54) is 0 Å². The number of aryl methyl sites for hydroxylation is 1. The third kappa shape index (κ3) is 3.36. The molecule has 0 N–H and O–H groups in total. The molecule has 0 amide bonds. The minimum Gasteiger partial charge on any atom is -0.461 e. The summed E-state index contributed by atoms with van der Waals surface area (Å²) in [6.45, 7) is 5.84. The lowest BCUT2D eigenvalue weighted by atomic mass is 10.2. The molecule has 0 bridgehead atoms. The number of benzene rings is 1. The number of para-hydroxylation sites is 1. The number of halogens is 1. The zero-order valence-electron chi connectivity index (χ0n) is 12.0. The van der Waals surface area contributed by atoms with E-state index >= 15 is 0 Å². The fourth-order valence-corrected chi connectivity index (χ4v) is 1.93. The molecular weight excluding hydrogens is 276 g/mol. The molecule has 0 radical (unpaired) electrons. The van der Waals surface area contributed by atoms with Gasteiger partial charge in [-0.05, 0) is 44.0 Å². The topological polar surface area (TPSA) is 51.1 Å². The molecule has 0 aliphatic rings. The van der Waals surface area contributed by atoms with E-state index in [-0.39, 0.29) is 17.4 Å². The van der Waals surface area contributed by atoms with Crippen molar-refractivity contribution >= 4 is 23.2 Å². The SMILES string of the molecule is Cc1ccccc1N(C)c1nc(Cl)nc(OC(C)C)n1. The molecule has 1 aromatic heterocycles. The molecule has 0 fully saturated rings. The van der Waals surface area contributed by atoms with Crippen LogP contribution in [-0.4, -0.2) is 28.1 Å². The minimum atomic E-state index is -0.0231. The summed E-state index contributed by atoms with van der Waals surface area (Å²) < 4.78 is 5.48. The lowest BCUT2D eigenvalue weighted by Crippen LogP contribution is -2.17. The fourth-order valence-electron chi connectivity index (χ4n) is 1.78. The van der Waals surface area contributed by atoms with E-state index in [0.717, 1.165) is 11.3 Å². The third-order valence-electron chi connectivity index (χ3n) is 2.69. The van der Waals surface area contributed by atoms with Crippen molar-refractivity contribution in [3.8, 4) is 6.01 Å². The van der Waals surface area contributed by atoms with Gasteiger partial charge in [0.2, 0.25) is 11.2 Å². The van der Waals surface area contributed by atoms with Crippen molar-refractivity contribution in [2.24, 2.45) is 0 Å². The highest BCUT2D eigenvalue weighted by Crippen LogP contribution is 2.25. The van der Waals surface area contributed by atoms with Gasteiger partial charge in [-0.2, -0.15) is 15.0 Å². The Morgan fingerprint density at radius 1 is 1.15 bits per heavy atom. The second-order valence-electron chi connectivity index (χ2n) is 4.70. The largest absolute Gasteiger partial charge is 0.461 e. The number of hydrogen-bond acceptors (Lipinski definition) is 5. The number of aromatic nitrogens is 3. The van der Waals surface area contributed by atoms with Crippen LogP contribution in [-0.2, 0) is 0 Å². The molecular formula is C14H17ClN4O. The van der Waals surface area contributed by atoms with Gasteiger partial charge in [0.05, 0.1) is 6.10 Å². The number of rotatable bonds is 4. The zero-order valence-corrected chi connectivity index (χ0v) is 12.7. The van der Waals surface area contributed by atoms with Crippen LogP contribution in [0.5, 0.6) is 6.01 Å². The second kappa shape index (κ2) is 6.05. The van der Waals surface area contributed by atoms with E-state index in [2.05, 4.69) is 15.0 Å². The summed E-state index contributed by atoms with van der Waals surface area (Å²) in [5, 5.41) is 0.117. The van der Waals surface area contributed by atoms with Crippen molar-refractivity contribution < 1.29 is 4.74 Å². The minimum absolute atomic E-state index is 0.0231. The lowest BCUT2D eigenvalue weighted by molar-refractivity contribution is 0.221. The zero-order chi connectivity index (χ0) is 14.7. The van der Waals surface area contributed by atoms with Gasteiger partial charge in [-0.1, -0.05) is 18.2 Å². The van der Waals surface area contributed by atoms with Crippen LogP contribution < -0.4 is 9.64 Å². The summed E-state index contributed by atoms with van der Waals surface area (Å²) in [6, 6.07) is 8.21. The molecule has 0 saturated heterocycles. The molecule has 6 heteroatoms. The van der Waals surface area contributed by atoms with Gasteiger partial charge in [0.1, 0.15) is 0 Å². The first kappa shape index (κ1) is 14.5. The molecule has 0 unspecified atom stereocenters. The van der Waals surface area contributed by atoms with Crippen molar-refractivity contribution in [2.45, 2.75) is 26.9 Å². The van der Waals surface area contributed by atoms with Crippen molar-refractivity contribution in [1.82, 2.24) is 15.0 Å². The van der Waals surface area contributed by atoms with E-state index in [1.807, 2.05) is 57.0 Å². The maximum atomic E-state index is 5.94. The molecule has 5 nitrogen and oxygen atoms in total. The Morgan fingerprint density at radius 2 is 1.85 bits per heavy atom. The van der Waals surface area contributed by atoms with Gasteiger partial charge < -0.3 is 9.64 Å². The molecule has 1 aromatic carbocycles. The van der Waals surface area contributed by atoms with Crippen LogP contribution in [0.25, 0.3) is 0 Å². The first-order valence-corrected chi connectivity index (χ1v) is 6.72. The first-order chi connectivity index (χ1) is 9.47. The van der Waals surface area contributed by atoms with Gasteiger partial charge in [-0.15, -0.1) is 0 Å². The fraction of sp³-hybridized carbons (Fsp3) is 0.357. The third-order valence-corrected chi connectivity index (χ3v) is 2.86. The molecule has 20 heavy (non-hydrogen) atoms. The Morgan fingerprint density at radius 3 is 2.50 bits per heavy atom. The normalized spacial score (nSPS) is 10.7. The molecule has 0 atom stereocenters. The molecule has 0 saturated carbocycles. The summed E-state index contributed by atoms with van der Waals surface area (Å²) in [5.74, 6) is 0.454. The first-order valence-electron chi connectivity index (χ1n) is 6.35. The van der Waals surface area contributed by atoms with Crippen molar-refractivity contribution in [3.05, 3.63) is 35.1 Å². The van der Waals surface area contributed by atoms with Gasteiger partial charge in [-0.25, -0.2) is 0 Å². The van der Waals surface area contributed by atoms with Crippen molar-refractivity contribution in [2.75, 3.05) is 11.9 Å². The lowest BCUT2D eigenvalue weighted by Gasteiger charge is -2.19. The molecule has 0 spiro atoms. The van der Waals surface area contributed by atoms with E-state index in [1.54, 1.807) is 0 Å². The Labute approximate surface area is 123 Å². The van der Waals surface area contributed by atoms with Crippen LogP contribution in [0.15, 0.2) is 24.3 Å². The molecule has 0 aliphatic heterocycles. The van der Waals surface area contributed by atoms with E-state index in [9.17, 15) is 0 Å². The maximum absolute atomic E-state index is 5.94. The Hall–Kier alpha value is -1.88. The van der Waals surface area contributed by atoms with Crippen LogP contribution in [0.1, 0.15) is 19.4 Å². The molecule has 2 rings (SSSR count). The Kier molecular flexibility index (Phi) is 4.39. The average molecular weight is 293 g/mol. The van der Waals surface area contributed by atoms with Gasteiger partial charge in [0, 0.05) is 12.7 Å². The summed E-state index contributed by atoms with van der Waals surface area (Å²) in [4.78, 5) is 14.3. The Bertz CT molecular complexity index is 603. The summed E-state index contributed by atoms with van der Waals surface area (Å²) in [7, 11) is 1.88. The average Bonchev–Trinajstić information content (AvgIpc) is 2.37. The standard InChI is InChI=1S/C14H17ClN4O/c1-9(2)20-14-17-12(15)16-13(18-14)19(4)11-8-6-5-7-10(11)3/h5-9H,1-4H3. The van der Waals surface area contributed by atoms with Crippen LogP contribution in [0.4, 0.5) is 11.6 Å². The predicted octanol–water partition coefficient (Wildman–Crippen LogP) is 3.39. The van der Waals surface area contributed by atoms with Gasteiger partial charge in [0.25, 0.3) is 0 Å². The predicted molar refractivity (Wildman–Crippen MR) is 79.8 cm³/mol. The van der Waals surface area contributed by atoms with E-state index in [0.29, 0.717) is 5.95 Å². The van der Waals surface area contributed by atoms with Crippen LogP contribution >= 0.6 is 11.6 Å². The van der Waals surface area contributed by atoms with Crippen LogP contribution in [0, 0.1) is 6.92 Å². The number of hydrogen-bond donors (Lipinski definition) is 0. The highest BCUT2D eigenvalue weighted by atomic mass is 35.5. The van der Waals surface area contributed by atoms with Crippen LogP contribution in [0.2, 0.25) is 5.28 Å². The van der Waals surface area contributed by atoms with Crippen molar-refractivity contribution in [1.29, 1.82) is 0 Å². The van der Waals surface area contributed by atoms with Crippen molar-refractivity contribution in [3.63, 3.8) is 0 Å². The highest BCUT2D eigenvalue weighted by Gasteiger charge is 2.13. The molecule has 1 heterocycles. The number of ether oxygens (including phenoxy) is 1. The summed E-state index contributed by atoms with van der Waals surface area (Å²) in [5.41, 5.74) is 2.13. The van der Waals surface area contributed by atoms with Gasteiger partial charge >= 0.3 is 6.01 Å². The smallest absolute Gasteiger partial charge is 0.322 e. The van der Waals surface area contributed by atoms with Gasteiger partial charge in [0.15, 0.2) is 0 Å². The molecule has 0 aliphatic carbocycles. The van der Waals surface area contributed by atoms with E-state index < -0.39 is 0 Å². The summed E-state index contributed by atoms with van der Waals surface area (Å²) >= 11 is 5.94. The highest BCUT2D eigenvalue weighted by molar-refractivity contribution is 6.28.